The maximum atomic E-state index is 12.7. The summed E-state index contributed by atoms with van der Waals surface area (Å²) >= 11 is 0. The molecule has 162 valence electrons. The second-order valence-electron chi connectivity index (χ2n) is 8.50. The minimum Gasteiger partial charge on any atom is -0.342 e. The lowest BCUT2D eigenvalue weighted by atomic mass is 9.96. The summed E-state index contributed by atoms with van der Waals surface area (Å²) in [6.45, 7) is 2.00. The van der Waals surface area contributed by atoms with Crippen LogP contribution in [0.5, 0.6) is 0 Å². The number of carbonyl (C=O) groups is 2. The highest BCUT2D eigenvalue weighted by atomic mass is 16.2. The van der Waals surface area contributed by atoms with Gasteiger partial charge in [0, 0.05) is 44.2 Å². The van der Waals surface area contributed by atoms with E-state index in [0.717, 1.165) is 43.7 Å². The van der Waals surface area contributed by atoms with Crippen molar-refractivity contribution in [2.75, 3.05) is 19.6 Å². The van der Waals surface area contributed by atoms with Crippen LogP contribution >= 0.6 is 0 Å². The Morgan fingerprint density at radius 1 is 1.07 bits per heavy atom. The summed E-state index contributed by atoms with van der Waals surface area (Å²) in [4.78, 5) is 26.6. The van der Waals surface area contributed by atoms with Crippen LogP contribution in [0.4, 0.5) is 4.79 Å². The smallest absolute Gasteiger partial charge is 0.315 e. The number of likely N-dealkylation sites (tertiary alicyclic amines) is 1. The van der Waals surface area contributed by atoms with E-state index in [1.54, 1.807) is 0 Å². The second kappa shape index (κ2) is 9.91. The number of hydrogen-bond donors (Lipinski definition) is 2. The monoisotopic (exact) mass is 412 g/mol. The zero-order valence-corrected chi connectivity index (χ0v) is 17.6. The summed E-state index contributed by atoms with van der Waals surface area (Å²) in [6.07, 6.45) is 10.9. The van der Waals surface area contributed by atoms with Crippen molar-refractivity contribution in [3.8, 4) is 0 Å². The topological polar surface area (TPSA) is 91.6 Å². The molecule has 2 fully saturated rings. The molecule has 1 aliphatic heterocycles. The predicted octanol–water partition coefficient (Wildman–Crippen LogP) is 2.85. The number of fused-ring (bicyclic) bond motifs is 1. The number of pyridine rings is 1. The Bertz CT molecular complexity index is 860. The van der Waals surface area contributed by atoms with E-state index in [2.05, 4.69) is 20.8 Å². The molecule has 0 spiro atoms. The highest BCUT2D eigenvalue weighted by Crippen LogP contribution is 2.26. The van der Waals surface area contributed by atoms with Gasteiger partial charge in [-0.15, -0.1) is 10.2 Å². The zero-order chi connectivity index (χ0) is 20.8. The van der Waals surface area contributed by atoms with Crippen molar-refractivity contribution >= 4 is 17.6 Å². The highest BCUT2D eigenvalue weighted by molar-refractivity contribution is 5.77. The molecule has 8 heteroatoms. The third-order valence-electron chi connectivity index (χ3n) is 6.27. The lowest BCUT2D eigenvalue weighted by Gasteiger charge is -2.32. The van der Waals surface area contributed by atoms with Crippen LogP contribution in [0.3, 0.4) is 0 Å². The van der Waals surface area contributed by atoms with Crippen molar-refractivity contribution in [2.45, 2.75) is 69.7 Å². The maximum Gasteiger partial charge on any atom is 0.315 e. The number of rotatable bonds is 6. The van der Waals surface area contributed by atoms with Gasteiger partial charge in [0.05, 0.1) is 0 Å². The van der Waals surface area contributed by atoms with Crippen LogP contribution < -0.4 is 10.6 Å². The molecule has 2 aromatic rings. The van der Waals surface area contributed by atoms with Crippen LogP contribution in [-0.4, -0.2) is 57.1 Å². The third-order valence-corrected chi connectivity index (χ3v) is 6.27. The van der Waals surface area contributed by atoms with Crippen LogP contribution in [0.25, 0.3) is 5.65 Å². The fourth-order valence-corrected chi connectivity index (χ4v) is 4.64. The quantitative estimate of drug-likeness (QED) is 0.714. The molecule has 0 aromatic carbocycles. The molecule has 0 radical (unpaired) electrons. The number of carbonyl (C=O) groups excluding carboxylic acids is 2. The van der Waals surface area contributed by atoms with Crippen molar-refractivity contribution in [3.05, 3.63) is 30.2 Å². The van der Waals surface area contributed by atoms with Crippen LogP contribution in [0.2, 0.25) is 0 Å². The number of amides is 3. The molecule has 2 aliphatic rings. The Morgan fingerprint density at radius 2 is 1.93 bits per heavy atom. The summed E-state index contributed by atoms with van der Waals surface area (Å²) in [5.74, 6) is 1.30. The molecule has 3 amide bonds. The fourth-order valence-electron chi connectivity index (χ4n) is 4.64. The number of nitrogens with zero attached hydrogens (tertiary/aromatic N) is 4. The van der Waals surface area contributed by atoms with Crippen molar-refractivity contribution in [1.29, 1.82) is 0 Å². The number of urea groups is 1. The Morgan fingerprint density at radius 3 is 2.80 bits per heavy atom. The van der Waals surface area contributed by atoms with Gasteiger partial charge >= 0.3 is 6.03 Å². The first kappa shape index (κ1) is 20.6. The first-order chi connectivity index (χ1) is 14.7. The summed E-state index contributed by atoms with van der Waals surface area (Å²) in [6, 6.07) is 6.07. The van der Waals surface area contributed by atoms with Gasteiger partial charge in [0.1, 0.15) is 5.82 Å². The van der Waals surface area contributed by atoms with Gasteiger partial charge in [-0.25, -0.2) is 4.79 Å². The summed E-state index contributed by atoms with van der Waals surface area (Å²) in [5, 5.41) is 14.6. The number of aromatic nitrogens is 3. The molecule has 1 atom stereocenters. The van der Waals surface area contributed by atoms with Gasteiger partial charge in [-0.3, -0.25) is 9.20 Å². The molecular formula is C22H32N6O2. The molecule has 1 saturated carbocycles. The van der Waals surface area contributed by atoms with Crippen molar-refractivity contribution in [2.24, 2.45) is 0 Å². The standard InChI is InChI=1S/C22H32N6O2/c29-20(12-6-13-23-22(30)24-18-9-2-1-3-10-18)27-14-7-8-17(16-27)21-26-25-19-11-4-5-15-28(19)21/h4-5,11,15,17-18H,1-3,6-10,12-14,16H2,(H2,23,24,30). The first-order valence-corrected chi connectivity index (χ1v) is 11.3. The first-order valence-electron chi connectivity index (χ1n) is 11.3. The van der Waals surface area contributed by atoms with Gasteiger partial charge in [0.25, 0.3) is 0 Å². The molecule has 30 heavy (non-hydrogen) atoms. The van der Waals surface area contributed by atoms with Gasteiger partial charge in [0.15, 0.2) is 5.65 Å². The molecule has 1 unspecified atom stereocenters. The Labute approximate surface area is 177 Å². The van der Waals surface area contributed by atoms with E-state index in [1.807, 2.05) is 33.7 Å². The molecule has 1 saturated heterocycles. The number of hydrogen-bond acceptors (Lipinski definition) is 4. The van der Waals surface area contributed by atoms with Gasteiger partial charge in [0.2, 0.25) is 5.91 Å². The van der Waals surface area contributed by atoms with Crippen LogP contribution in [0, 0.1) is 0 Å². The molecule has 2 N–H and O–H groups in total. The van der Waals surface area contributed by atoms with E-state index in [1.165, 1.54) is 19.3 Å². The molecule has 8 nitrogen and oxygen atoms in total. The van der Waals surface area contributed by atoms with E-state index >= 15 is 0 Å². The molecule has 0 bridgehead atoms. The van der Waals surface area contributed by atoms with Gasteiger partial charge in [-0.2, -0.15) is 0 Å². The average molecular weight is 413 g/mol. The van der Waals surface area contributed by atoms with Crippen molar-refractivity contribution in [1.82, 2.24) is 30.1 Å². The van der Waals surface area contributed by atoms with Crippen LogP contribution in [0.15, 0.2) is 24.4 Å². The predicted molar refractivity (Wildman–Crippen MR) is 114 cm³/mol. The lowest BCUT2D eigenvalue weighted by molar-refractivity contribution is -0.132. The normalized spacial score (nSPS) is 20.3. The van der Waals surface area contributed by atoms with Crippen LogP contribution in [-0.2, 0) is 4.79 Å². The third kappa shape index (κ3) is 5.09. The van der Waals surface area contributed by atoms with Crippen molar-refractivity contribution in [3.63, 3.8) is 0 Å². The molecule has 1 aliphatic carbocycles. The highest BCUT2D eigenvalue weighted by Gasteiger charge is 2.27. The Kier molecular flexibility index (Phi) is 6.81. The largest absolute Gasteiger partial charge is 0.342 e. The number of nitrogens with one attached hydrogen (secondary N) is 2. The Hall–Kier alpha value is -2.64. The average Bonchev–Trinajstić information content (AvgIpc) is 3.21. The zero-order valence-electron chi connectivity index (χ0n) is 17.6. The summed E-state index contributed by atoms with van der Waals surface area (Å²) in [7, 11) is 0. The molecule has 2 aromatic heterocycles. The van der Waals surface area contributed by atoms with Crippen LogP contribution in [0.1, 0.15) is 69.5 Å². The SMILES string of the molecule is O=C(NCCCC(=O)N1CCCC(c2nnc3ccccn23)C1)NC1CCCCC1. The molecular weight excluding hydrogens is 380 g/mol. The van der Waals surface area contributed by atoms with E-state index in [9.17, 15) is 9.59 Å². The van der Waals surface area contributed by atoms with E-state index < -0.39 is 0 Å². The second-order valence-corrected chi connectivity index (χ2v) is 8.50. The molecule has 3 heterocycles. The minimum absolute atomic E-state index is 0.105. The molecule has 4 rings (SSSR count). The van der Waals surface area contributed by atoms with Gasteiger partial charge < -0.3 is 15.5 Å². The Balaban J connectivity index is 1.20. The van der Waals surface area contributed by atoms with E-state index in [0.29, 0.717) is 32.0 Å². The van der Waals surface area contributed by atoms with E-state index in [4.69, 9.17) is 0 Å². The minimum atomic E-state index is -0.105. The summed E-state index contributed by atoms with van der Waals surface area (Å²) in [5.41, 5.74) is 0.841. The number of piperidine rings is 1. The van der Waals surface area contributed by atoms with Gasteiger partial charge in [-0.1, -0.05) is 25.3 Å². The van der Waals surface area contributed by atoms with E-state index in [-0.39, 0.29) is 17.9 Å². The summed E-state index contributed by atoms with van der Waals surface area (Å²) < 4.78 is 2.02. The van der Waals surface area contributed by atoms with Crippen molar-refractivity contribution < 1.29 is 9.59 Å². The lowest BCUT2D eigenvalue weighted by Crippen LogP contribution is -2.43. The van der Waals surface area contributed by atoms with Gasteiger partial charge in [-0.05, 0) is 44.2 Å². The fraction of sp³-hybridized carbons (Fsp3) is 0.636. The maximum absolute atomic E-state index is 12.7.